The van der Waals surface area contributed by atoms with E-state index in [-0.39, 0.29) is 22.9 Å². The SMILES string of the molecule is O=C(CSc1nc(-c2ccc(F)cc2)cc(=O)n1-c1ccccc1)c1ccc(Cl)cc1. The Hall–Kier alpha value is -3.22. The number of para-hydroxylation sites is 1. The van der Waals surface area contributed by atoms with Crippen LogP contribution in [0.3, 0.4) is 0 Å². The number of Topliss-reactive ketones (excluding diaryl/α,β-unsaturated/α-hetero) is 1. The van der Waals surface area contributed by atoms with Gasteiger partial charge in [0.1, 0.15) is 5.82 Å². The van der Waals surface area contributed by atoms with Crippen molar-refractivity contribution in [2.75, 3.05) is 5.75 Å². The second-order valence-corrected chi connectivity index (χ2v) is 8.04. The third kappa shape index (κ3) is 4.93. The summed E-state index contributed by atoms with van der Waals surface area (Å²) in [6.45, 7) is 0. The Morgan fingerprint density at radius 2 is 1.65 bits per heavy atom. The van der Waals surface area contributed by atoms with E-state index in [1.807, 2.05) is 18.2 Å². The van der Waals surface area contributed by atoms with Gasteiger partial charge in [0.05, 0.1) is 17.1 Å². The number of carbonyl (C=O) groups is 1. The van der Waals surface area contributed by atoms with Crippen molar-refractivity contribution in [3.05, 3.63) is 112 Å². The lowest BCUT2D eigenvalue weighted by atomic mass is 10.1. The number of benzene rings is 3. The van der Waals surface area contributed by atoms with E-state index in [0.717, 1.165) is 0 Å². The number of hydrogen-bond donors (Lipinski definition) is 0. The van der Waals surface area contributed by atoms with Crippen LogP contribution in [0, 0.1) is 5.82 Å². The highest BCUT2D eigenvalue weighted by Gasteiger charge is 2.15. The predicted octanol–water partition coefficient (Wildman–Crippen LogP) is 5.67. The van der Waals surface area contributed by atoms with Crippen LogP contribution in [0.1, 0.15) is 10.4 Å². The van der Waals surface area contributed by atoms with Gasteiger partial charge < -0.3 is 0 Å². The summed E-state index contributed by atoms with van der Waals surface area (Å²) in [5, 5.41) is 0.927. The van der Waals surface area contributed by atoms with Gasteiger partial charge in [-0.3, -0.25) is 14.2 Å². The van der Waals surface area contributed by atoms with Crippen molar-refractivity contribution in [1.82, 2.24) is 9.55 Å². The van der Waals surface area contributed by atoms with E-state index in [1.165, 1.54) is 34.5 Å². The lowest BCUT2D eigenvalue weighted by Crippen LogP contribution is -2.21. The van der Waals surface area contributed by atoms with Gasteiger partial charge in [-0.2, -0.15) is 0 Å². The number of aromatic nitrogens is 2. The first kappa shape index (κ1) is 21.0. The number of carbonyl (C=O) groups excluding carboxylic acids is 1. The van der Waals surface area contributed by atoms with Crippen LogP contribution >= 0.6 is 23.4 Å². The molecule has 0 N–H and O–H groups in total. The first-order chi connectivity index (χ1) is 15.0. The minimum atomic E-state index is -0.371. The van der Waals surface area contributed by atoms with Crippen LogP contribution in [0.25, 0.3) is 16.9 Å². The van der Waals surface area contributed by atoms with Crippen LogP contribution in [0.15, 0.2) is 94.9 Å². The summed E-state index contributed by atoms with van der Waals surface area (Å²) >= 11 is 7.06. The Morgan fingerprint density at radius 1 is 0.968 bits per heavy atom. The summed E-state index contributed by atoms with van der Waals surface area (Å²) in [4.78, 5) is 30.2. The first-order valence-corrected chi connectivity index (χ1v) is 10.7. The van der Waals surface area contributed by atoms with Crippen molar-refractivity contribution in [3.63, 3.8) is 0 Å². The van der Waals surface area contributed by atoms with E-state index in [1.54, 1.807) is 48.5 Å². The highest BCUT2D eigenvalue weighted by Crippen LogP contribution is 2.24. The summed E-state index contributed by atoms with van der Waals surface area (Å²) in [6.07, 6.45) is 0. The maximum atomic E-state index is 13.3. The summed E-state index contributed by atoms with van der Waals surface area (Å²) in [7, 11) is 0. The number of rotatable bonds is 6. The number of thioether (sulfide) groups is 1. The Bertz CT molecular complexity index is 1270. The Morgan fingerprint density at radius 3 is 2.32 bits per heavy atom. The largest absolute Gasteiger partial charge is 0.293 e. The fraction of sp³-hybridized carbons (Fsp3) is 0.0417. The fourth-order valence-corrected chi connectivity index (χ4v) is 4.03. The van der Waals surface area contributed by atoms with Gasteiger partial charge in [0, 0.05) is 22.2 Å². The zero-order valence-electron chi connectivity index (χ0n) is 16.2. The second kappa shape index (κ2) is 9.29. The molecule has 0 amide bonds. The summed E-state index contributed by atoms with van der Waals surface area (Å²) in [6, 6.07) is 22.9. The van der Waals surface area contributed by atoms with Crippen LogP contribution in [0.5, 0.6) is 0 Å². The molecular formula is C24H16ClFN2O2S. The maximum absolute atomic E-state index is 13.3. The number of halogens is 2. The highest BCUT2D eigenvalue weighted by atomic mass is 35.5. The summed E-state index contributed by atoms with van der Waals surface area (Å²) in [5.41, 5.74) is 1.91. The minimum absolute atomic E-state index is 0.0910. The normalized spacial score (nSPS) is 10.8. The molecule has 0 aliphatic heterocycles. The molecule has 0 aliphatic carbocycles. The second-order valence-electron chi connectivity index (χ2n) is 6.66. The monoisotopic (exact) mass is 450 g/mol. The molecule has 4 nitrogen and oxygen atoms in total. The van der Waals surface area contributed by atoms with E-state index >= 15 is 0 Å². The summed E-state index contributed by atoms with van der Waals surface area (Å²) in [5.74, 6) is -0.388. The van der Waals surface area contributed by atoms with Crippen molar-refractivity contribution in [3.8, 4) is 16.9 Å². The smallest absolute Gasteiger partial charge is 0.259 e. The molecule has 0 aliphatic rings. The van der Waals surface area contributed by atoms with E-state index in [2.05, 4.69) is 4.98 Å². The van der Waals surface area contributed by atoms with E-state index in [9.17, 15) is 14.0 Å². The molecule has 0 radical (unpaired) electrons. The molecule has 1 heterocycles. The number of ketones is 1. The van der Waals surface area contributed by atoms with Crippen LogP contribution in [-0.2, 0) is 0 Å². The van der Waals surface area contributed by atoms with Gasteiger partial charge >= 0.3 is 0 Å². The summed E-state index contributed by atoms with van der Waals surface area (Å²) < 4.78 is 14.8. The molecule has 0 fully saturated rings. The van der Waals surface area contributed by atoms with Crippen LogP contribution in [-0.4, -0.2) is 21.1 Å². The maximum Gasteiger partial charge on any atom is 0.259 e. The van der Waals surface area contributed by atoms with Gasteiger partial charge in [0.15, 0.2) is 10.9 Å². The molecule has 0 unspecified atom stereocenters. The molecule has 3 aromatic carbocycles. The van der Waals surface area contributed by atoms with E-state index < -0.39 is 0 Å². The zero-order valence-corrected chi connectivity index (χ0v) is 17.7. The van der Waals surface area contributed by atoms with Crippen LogP contribution in [0.2, 0.25) is 5.02 Å². The lowest BCUT2D eigenvalue weighted by Gasteiger charge is -2.13. The predicted molar refractivity (Wildman–Crippen MR) is 122 cm³/mol. The molecule has 154 valence electrons. The highest BCUT2D eigenvalue weighted by molar-refractivity contribution is 7.99. The molecular weight excluding hydrogens is 435 g/mol. The molecule has 31 heavy (non-hydrogen) atoms. The first-order valence-electron chi connectivity index (χ1n) is 9.38. The van der Waals surface area contributed by atoms with E-state index in [4.69, 9.17) is 11.6 Å². The zero-order chi connectivity index (χ0) is 21.8. The molecule has 4 rings (SSSR count). The Labute approximate surface area is 187 Å². The number of hydrogen-bond acceptors (Lipinski definition) is 4. The van der Waals surface area contributed by atoms with Crippen LogP contribution in [0.4, 0.5) is 4.39 Å². The Balaban J connectivity index is 1.72. The van der Waals surface area contributed by atoms with Gasteiger partial charge in [-0.25, -0.2) is 9.37 Å². The standard InChI is InChI=1S/C24H16ClFN2O2S/c25-18-10-6-17(7-11-18)22(29)15-31-24-27-21(16-8-12-19(26)13-9-16)14-23(30)28(24)20-4-2-1-3-5-20/h1-14H,15H2. The molecule has 0 saturated carbocycles. The molecule has 7 heteroatoms. The quantitative estimate of drug-likeness (QED) is 0.216. The minimum Gasteiger partial charge on any atom is -0.293 e. The topological polar surface area (TPSA) is 52.0 Å². The average molecular weight is 451 g/mol. The molecule has 0 spiro atoms. The lowest BCUT2D eigenvalue weighted by molar-refractivity contribution is 0.102. The Kier molecular flexibility index (Phi) is 6.30. The van der Waals surface area contributed by atoms with E-state index in [0.29, 0.717) is 32.7 Å². The van der Waals surface area contributed by atoms with Gasteiger partial charge in [0.25, 0.3) is 5.56 Å². The molecule has 0 bridgehead atoms. The molecule has 0 atom stereocenters. The average Bonchev–Trinajstić information content (AvgIpc) is 2.78. The molecule has 0 saturated heterocycles. The van der Waals surface area contributed by atoms with Crippen molar-refractivity contribution in [2.24, 2.45) is 0 Å². The van der Waals surface area contributed by atoms with Gasteiger partial charge in [-0.15, -0.1) is 0 Å². The van der Waals surface area contributed by atoms with Crippen molar-refractivity contribution in [1.29, 1.82) is 0 Å². The molecule has 4 aromatic rings. The van der Waals surface area contributed by atoms with Gasteiger partial charge in [0.2, 0.25) is 0 Å². The third-order valence-corrected chi connectivity index (χ3v) is 5.73. The van der Waals surface area contributed by atoms with Crippen LogP contribution < -0.4 is 5.56 Å². The van der Waals surface area contributed by atoms with Gasteiger partial charge in [-0.05, 0) is 60.7 Å². The fourth-order valence-electron chi connectivity index (χ4n) is 2.99. The van der Waals surface area contributed by atoms with Crippen molar-refractivity contribution < 1.29 is 9.18 Å². The van der Waals surface area contributed by atoms with Crippen molar-refractivity contribution >= 4 is 29.1 Å². The van der Waals surface area contributed by atoms with Gasteiger partial charge in [-0.1, -0.05) is 41.6 Å². The molecule has 1 aromatic heterocycles. The van der Waals surface area contributed by atoms with Crippen molar-refractivity contribution in [2.45, 2.75) is 5.16 Å². The number of nitrogens with zero attached hydrogens (tertiary/aromatic N) is 2. The third-order valence-electron chi connectivity index (χ3n) is 4.54.